The van der Waals surface area contributed by atoms with Crippen molar-refractivity contribution in [2.24, 2.45) is 5.41 Å². The molecule has 2 aliphatic rings. The minimum Gasteiger partial charge on any atom is -0.281 e. The summed E-state index contributed by atoms with van der Waals surface area (Å²) < 4.78 is 0. The second kappa shape index (κ2) is 4.02. The van der Waals surface area contributed by atoms with Gasteiger partial charge in [0.15, 0.2) is 0 Å². The fourth-order valence-corrected chi connectivity index (χ4v) is 5.05. The van der Waals surface area contributed by atoms with Gasteiger partial charge in [0.25, 0.3) is 0 Å². The highest BCUT2D eigenvalue weighted by Gasteiger charge is 2.61. The predicted octanol–water partition coefficient (Wildman–Crippen LogP) is 4.80. The molecule has 0 saturated heterocycles. The molecule has 2 aromatic heterocycles. The van der Waals surface area contributed by atoms with E-state index < -0.39 is 0 Å². The first-order chi connectivity index (χ1) is 11.0. The monoisotopic (exact) mass is 303 g/mol. The molecule has 3 nitrogen and oxygen atoms in total. The molecule has 2 heterocycles. The highest BCUT2D eigenvalue weighted by Crippen LogP contribution is 2.68. The molecule has 3 aromatic rings. The Hall–Kier alpha value is -2.16. The number of hydrogen-bond donors (Lipinski definition) is 1. The van der Waals surface area contributed by atoms with Crippen LogP contribution in [0.25, 0.3) is 22.2 Å². The van der Waals surface area contributed by atoms with Crippen LogP contribution in [0.2, 0.25) is 0 Å². The van der Waals surface area contributed by atoms with Crippen molar-refractivity contribution < 1.29 is 0 Å². The highest BCUT2D eigenvalue weighted by molar-refractivity contribution is 5.94. The van der Waals surface area contributed by atoms with Gasteiger partial charge in [-0.05, 0) is 35.6 Å². The van der Waals surface area contributed by atoms with Crippen molar-refractivity contribution in [2.45, 2.75) is 44.9 Å². The lowest BCUT2D eigenvalue weighted by molar-refractivity contribution is 0.225. The van der Waals surface area contributed by atoms with Gasteiger partial charge in [-0.3, -0.25) is 10.1 Å². The summed E-state index contributed by atoms with van der Waals surface area (Å²) in [6.45, 7) is 7.23. The summed E-state index contributed by atoms with van der Waals surface area (Å²) in [4.78, 5) is 4.70. The van der Waals surface area contributed by atoms with Crippen molar-refractivity contribution in [2.75, 3.05) is 0 Å². The van der Waals surface area contributed by atoms with E-state index in [9.17, 15) is 0 Å². The zero-order valence-corrected chi connectivity index (χ0v) is 13.9. The number of rotatable bonds is 1. The lowest BCUT2D eigenvalue weighted by Gasteiger charge is -2.34. The van der Waals surface area contributed by atoms with E-state index in [1.54, 1.807) is 0 Å². The molecule has 2 aliphatic carbocycles. The summed E-state index contributed by atoms with van der Waals surface area (Å²) in [5.41, 5.74) is 5.36. The largest absolute Gasteiger partial charge is 0.281 e. The van der Waals surface area contributed by atoms with Crippen LogP contribution >= 0.6 is 0 Å². The van der Waals surface area contributed by atoms with E-state index in [1.807, 2.05) is 6.20 Å². The van der Waals surface area contributed by atoms with Crippen molar-refractivity contribution in [3.8, 4) is 11.4 Å². The van der Waals surface area contributed by atoms with Crippen molar-refractivity contribution in [1.29, 1.82) is 0 Å². The molecule has 0 spiro atoms. The van der Waals surface area contributed by atoms with Crippen LogP contribution in [0.1, 0.15) is 50.8 Å². The first-order valence-electron chi connectivity index (χ1n) is 8.47. The Morgan fingerprint density at radius 3 is 2.78 bits per heavy atom. The molecule has 116 valence electrons. The summed E-state index contributed by atoms with van der Waals surface area (Å²) in [6, 6.07) is 10.5. The van der Waals surface area contributed by atoms with Crippen LogP contribution in [0.3, 0.4) is 0 Å². The molecule has 3 heteroatoms. The molecule has 1 N–H and O–H groups in total. The summed E-state index contributed by atoms with van der Waals surface area (Å²) in [5.74, 6) is 0.581. The van der Waals surface area contributed by atoms with Crippen LogP contribution in [-0.2, 0) is 5.41 Å². The third-order valence-electron chi connectivity index (χ3n) is 6.83. The quantitative estimate of drug-likeness (QED) is 0.701. The average molecular weight is 303 g/mol. The van der Waals surface area contributed by atoms with E-state index >= 15 is 0 Å². The van der Waals surface area contributed by atoms with Crippen LogP contribution in [-0.4, -0.2) is 15.2 Å². The van der Waals surface area contributed by atoms with Gasteiger partial charge in [-0.15, -0.1) is 0 Å². The van der Waals surface area contributed by atoms with Gasteiger partial charge in [0.1, 0.15) is 5.69 Å². The number of pyridine rings is 1. The molecular formula is C20H21N3. The molecule has 2 bridgehead atoms. The van der Waals surface area contributed by atoms with Crippen LogP contribution < -0.4 is 0 Å². The third-order valence-corrected chi connectivity index (χ3v) is 6.83. The van der Waals surface area contributed by atoms with Gasteiger partial charge in [-0.2, -0.15) is 5.10 Å². The van der Waals surface area contributed by atoms with E-state index in [4.69, 9.17) is 10.1 Å². The normalized spacial score (nSPS) is 27.5. The number of fused-ring (bicyclic) bond motifs is 6. The Kier molecular flexibility index (Phi) is 2.33. The number of benzene rings is 1. The van der Waals surface area contributed by atoms with E-state index in [0.717, 1.165) is 11.4 Å². The SMILES string of the molecule is CC12CCC(c3c(-c4nccc5ccccc45)n[nH]c31)C2(C)C. The summed E-state index contributed by atoms with van der Waals surface area (Å²) >= 11 is 0. The Labute approximate surface area is 136 Å². The molecule has 0 amide bonds. The van der Waals surface area contributed by atoms with Crippen LogP contribution in [0.15, 0.2) is 36.5 Å². The zero-order valence-electron chi connectivity index (χ0n) is 13.9. The van der Waals surface area contributed by atoms with Crippen molar-refractivity contribution in [3.63, 3.8) is 0 Å². The number of nitrogens with one attached hydrogen (secondary N) is 1. The smallest absolute Gasteiger partial charge is 0.115 e. The lowest BCUT2D eigenvalue weighted by Crippen LogP contribution is -2.32. The average Bonchev–Trinajstić information content (AvgIpc) is 3.13. The molecule has 2 atom stereocenters. The van der Waals surface area contributed by atoms with E-state index in [2.05, 4.69) is 56.2 Å². The Morgan fingerprint density at radius 2 is 1.91 bits per heavy atom. The second-order valence-corrected chi connectivity index (χ2v) is 7.89. The maximum absolute atomic E-state index is 4.72. The van der Waals surface area contributed by atoms with Crippen LogP contribution in [0, 0.1) is 5.41 Å². The lowest BCUT2D eigenvalue weighted by atomic mass is 9.70. The van der Waals surface area contributed by atoms with Crippen molar-refractivity contribution in [3.05, 3.63) is 47.8 Å². The number of aromatic nitrogens is 3. The van der Waals surface area contributed by atoms with Gasteiger partial charge in [0, 0.05) is 28.3 Å². The molecule has 23 heavy (non-hydrogen) atoms. The summed E-state index contributed by atoms with van der Waals surface area (Å²) in [6.07, 6.45) is 4.41. The molecule has 0 radical (unpaired) electrons. The first-order valence-corrected chi connectivity index (χ1v) is 8.47. The van der Waals surface area contributed by atoms with E-state index in [-0.39, 0.29) is 10.8 Å². The number of hydrogen-bond acceptors (Lipinski definition) is 2. The molecule has 5 rings (SSSR count). The van der Waals surface area contributed by atoms with Crippen molar-refractivity contribution >= 4 is 10.8 Å². The first kappa shape index (κ1) is 13.3. The molecule has 1 fully saturated rings. The minimum absolute atomic E-state index is 0.211. The molecule has 2 unspecified atom stereocenters. The Bertz CT molecular complexity index is 932. The van der Waals surface area contributed by atoms with Crippen LogP contribution in [0.5, 0.6) is 0 Å². The number of H-pyrrole nitrogens is 1. The molecular weight excluding hydrogens is 282 g/mol. The van der Waals surface area contributed by atoms with Gasteiger partial charge < -0.3 is 0 Å². The Balaban J connectivity index is 1.80. The van der Waals surface area contributed by atoms with Gasteiger partial charge in [0.05, 0.1) is 5.69 Å². The fraction of sp³-hybridized carbons (Fsp3) is 0.400. The maximum atomic E-state index is 4.72. The van der Waals surface area contributed by atoms with Gasteiger partial charge in [-0.25, -0.2) is 0 Å². The maximum Gasteiger partial charge on any atom is 0.115 e. The standard InChI is InChI=1S/C20H21N3/c1-19(2)14-8-10-20(19,3)18-15(14)17(22-23-18)16-13-7-5-4-6-12(13)9-11-21-16/h4-7,9,11,14H,8,10H2,1-3H3,(H,22,23). The molecule has 1 saturated carbocycles. The van der Waals surface area contributed by atoms with Gasteiger partial charge in [0.2, 0.25) is 0 Å². The summed E-state index contributed by atoms with van der Waals surface area (Å²) in [7, 11) is 0. The van der Waals surface area contributed by atoms with E-state index in [0.29, 0.717) is 5.92 Å². The molecule has 1 aromatic carbocycles. The third kappa shape index (κ3) is 1.41. The second-order valence-electron chi connectivity index (χ2n) is 7.89. The van der Waals surface area contributed by atoms with Crippen molar-refractivity contribution in [1.82, 2.24) is 15.2 Å². The predicted molar refractivity (Wildman–Crippen MR) is 92.4 cm³/mol. The zero-order chi connectivity index (χ0) is 15.8. The van der Waals surface area contributed by atoms with Gasteiger partial charge in [-0.1, -0.05) is 45.0 Å². The number of aromatic amines is 1. The Morgan fingerprint density at radius 1 is 1.09 bits per heavy atom. The van der Waals surface area contributed by atoms with Gasteiger partial charge >= 0.3 is 0 Å². The van der Waals surface area contributed by atoms with Crippen LogP contribution in [0.4, 0.5) is 0 Å². The molecule has 0 aliphatic heterocycles. The highest BCUT2D eigenvalue weighted by atomic mass is 15.1. The topological polar surface area (TPSA) is 41.6 Å². The minimum atomic E-state index is 0.211. The number of nitrogens with zero attached hydrogens (tertiary/aromatic N) is 2. The van der Waals surface area contributed by atoms with E-state index in [1.165, 1.54) is 34.9 Å². The summed E-state index contributed by atoms with van der Waals surface area (Å²) in [5, 5.41) is 10.5. The fourth-order valence-electron chi connectivity index (χ4n) is 5.05.